The van der Waals surface area contributed by atoms with Gasteiger partial charge in [-0.25, -0.2) is 0 Å². The molecule has 0 aromatic heterocycles. The van der Waals surface area contributed by atoms with E-state index in [0.717, 1.165) is 32.0 Å². The Morgan fingerprint density at radius 1 is 0.700 bits per heavy atom. The van der Waals surface area contributed by atoms with E-state index in [1.54, 1.807) is 0 Å². The normalized spacial score (nSPS) is 55.5. The van der Waals surface area contributed by atoms with Crippen molar-refractivity contribution < 1.29 is 89.5 Å². The predicted octanol–water partition coefficient (Wildman–Crippen LogP) is -2.40. The van der Waals surface area contributed by atoms with Crippen LogP contribution >= 0.6 is 0 Å². The Morgan fingerprint density at radius 3 is 1.80 bits per heavy atom. The summed E-state index contributed by atoms with van der Waals surface area (Å²) in [6.07, 6.45) is -17.9. The number of rotatable bonds is 13. The first-order chi connectivity index (χ1) is 28.4. The van der Waals surface area contributed by atoms with Crippen LogP contribution in [-0.4, -0.2) is 192 Å². The number of aldehydes is 1. The van der Waals surface area contributed by atoms with Crippen molar-refractivity contribution in [1.29, 1.82) is 0 Å². The summed E-state index contributed by atoms with van der Waals surface area (Å²) in [5, 5.41) is 118. The standard InChI is InChI=1S/C41H69NO18/c1-5-55-40-10-7-24-38(4)9-6-8-37(3,18-46)41(38,42-54)12-11-39(24,14-19(40)2)25(40)13-20-33(59-35-31(52)29(50)26(47)21(15-43)57-35)34(28(49)23(17-45)56-20)60-36-32(53)30(51)27(48)22(16-44)58-36/h18-36,42-45,47-54H,5-17H2,1-4H3/t19?,20?,21?,22?,23?,24-,25+,26?,27?,28?,29?,30?,31?,32?,33?,34?,35?,36?,37-,38-,39-,40+,41-/m0/s1. The van der Waals surface area contributed by atoms with Crippen molar-refractivity contribution in [1.82, 2.24) is 5.48 Å². The lowest BCUT2D eigenvalue weighted by Crippen LogP contribution is -2.75. The van der Waals surface area contributed by atoms with Crippen molar-refractivity contribution in [2.75, 3.05) is 26.4 Å². The molecule has 7 aliphatic rings. The van der Waals surface area contributed by atoms with Gasteiger partial charge >= 0.3 is 0 Å². The number of hydrogen-bond acceptors (Lipinski definition) is 19. The third-order valence-corrected chi connectivity index (χ3v) is 16.9. The van der Waals surface area contributed by atoms with E-state index in [1.807, 2.05) is 13.8 Å². The highest BCUT2D eigenvalue weighted by Gasteiger charge is 2.76. The Bertz CT molecular complexity index is 1500. The number of ether oxygens (including phenoxy) is 6. The number of hydrogen-bond donors (Lipinski definition) is 12. The maximum atomic E-state index is 12.9. The predicted molar refractivity (Wildman–Crippen MR) is 203 cm³/mol. The molecule has 346 valence electrons. The third-order valence-electron chi connectivity index (χ3n) is 16.9. The van der Waals surface area contributed by atoms with Crippen molar-refractivity contribution >= 4 is 6.29 Å². The molecule has 0 aromatic rings. The molecule has 0 radical (unpaired) electrons. The summed E-state index contributed by atoms with van der Waals surface area (Å²) in [6, 6.07) is 0. The largest absolute Gasteiger partial charge is 0.394 e. The maximum Gasteiger partial charge on any atom is 0.187 e. The van der Waals surface area contributed by atoms with Gasteiger partial charge in [0.15, 0.2) is 12.6 Å². The van der Waals surface area contributed by atoms with Gasteiger partial charge in [-0.1, -0.05) is 27.2 Å². The first kappa shape index (κ1) is 46.9. The zero-order valence-corrected chi connectivity index (χ0v) is 34.9. The molecular formula is C41H69NO18. The monoisotopic (exact) mass is 863 g/mol. The van der Waals surface area contributed by atoms with E-state index in [9.17, 15) is 61.1 Å². The molecule has 0 aromatic carbocycles. The average Bonchev–Trinajstić information content (AvgIpc) is 3.35. The molecule has 3 saturated heterocycles. The van der Waals surface area contributed by atoms with Gasteiger partial charge in [0.1, 0.15) is 79.5 Å². The van der Waals surface area contributed by atoms with Crippen LogP contribution in [0.3, 0.4) is 0 Å². The first-order valence-corrected chi connectivity index (χ1v) is 21.8. The lowest BCUT2D eigenvalue weighted by Gasteiger charge is -2.70. The van der Waals surface area contributed by atoms with Crippen molar-refractivity contribution in [3.8, 4) is 0 Å². The summed E-state index contributed by atoms with van der Waals surface area (Å²) in [5.41, 5.74) is -0.727. The highest BCUT2D eigenvalue weighted by Crippen LogP contribution is 2.77. The highest BCUT2D eigenvalue weighted by molar-refractivity contribution is 5.63. The zero-order chi connectivity index (χ0) is 43.7. The molecule has 2 bridgehead atoms. The summed E-state index contributed by atoms with van der Waals surface area (Å²) in [6.45, 7) is 6.35. The van der Waals surface area contributed by atoms with E-state index in [4.69, 9.17) is 28.4 Å². The molecule has 16 unspecified atom stereocenters. The molecule has 3 aliphatic heterocycles. The molecule has 4 saturated carbocycles. The van der Waals surface area contributed by atoms with E-state index < -0.39 is 139 Å². The van der Waals surface area contributed by atoms with Crippen LogP contribution in [0.4, 0.5) is 0 Å². The molecule has 7 fully saturated rings. The molecule has 1 spiro atoms. The van der Waals surface area contributed by atoms with Crippen LogP contribution < -0.4 is 5.48 Å². The van der Waals surface area contributed by atoms with E-state index in [0.29, 0.717) is 32.3 Å². The van der Waals surface area contributed by atoms with E-state index >= 15 is 0 Å². The number of carbonyl (C=O) groups excluding carboxylic acids is 1. The summed E-state index contributed by atoms with van der Waals surface area (Å²) in [4.78, 5) is 12.9. The molecule has 7 rings (SSSR count). The molecule has 0 amide bonds. The summed E-state index contributed by atoms with van der Waals surface area (Å²) in [7, 11) is 0. The minimum Gasteiger partial charge on any atom is -0.394 e. The Labute approximate surface area is 349 Å². The second-order valence-electron chi connectivity index (χ2n) is 19.4. The van der Waals surface area contributed by atoms with Gasteiger partial charge in [-0.05, 0) is 86.9 Å². The fourth-order valence-electron chi connectivity index (χ4n) is 14.0. The van der Waals surface area contributed by atoms with Crippen LogP contribution in [0.5, 0.6) is 0 Å². The fraction of sp³-hybridized carbons (Fsp3) is 0.976. The van der Waals surface area contributed by atoms with Gasteiger partial charge in [-0.2, -0.15) is 5.48 Å². The first-order valence-electron chi connectivity index (χ1n) is 21.8. The van der Waals surface area contributed by atoms with Gasteiger partial charge in [-0.3, -0.25) is 0 Å². The molecule has 3 heterocycles. The van der Waals surface area contributed by atoms with E-state index in [1.165, 1.54) is 0 Å². The van der Waals surface area contributed by atoms with Crippen molar-refractivity contribution in [3.63, 3.8) is 0 Å². The number of aliphatic hydroxyl groups excluding tert-OH is 10. The lowest BCUT2D eigenvalue weighted by atomic mass is 9.36. The van der Waals surface area contributed by atoms with Crippen LogP contribution in [0.25, 0.3) is 0 Å². The smallest absolute Gasteiger partial charge is 0.187 e. The van der Waals surface area contributed by atoms with Gasteiger partial charge in [-0.15, -0.1) is 0 Å². The van der Waals surface area contributed by atoms with E-state index in [2.05, 4.69) is 19.3 Å². The number of hydroxylamine groups is 1. The van der Waals surface area contributed by atoms with Crippen LogP contribution in [0, 0.1) is 34.0 Å². The minimum absolute atomic E-state index is 0.0182. The zero-order valence-electron chi connectivity index (χ0n) is 34.9. The van der Waals surface area contributed by atoms with Crippen LogP contribution in [0.1, 0.15) is 85.5 Å². The summed E-state index contributed by atoms with van der Waals surface area (Å²) >= 11 is 0. The van der Waals surface area contributed by atoms with Crippen LogP contribution in [-0.2, 0) is 33.2 Å². The Morgan fingerprint density at radius 2 is 1.27 bits per heavy atom. The van der Waals surface area contributed by atoms with Crippen molar-refractivity contribution in [2.24, 2.45) is 34.0 Å². The highest BCUT2D eigenvalue weighted by atomic mass is 16.7. The number of aliphatic hydroxyl groups is 10. The molecule has 19 nitrogen and oxygen atoms in total. The minimum atomic E-state index is -1.90. The maximum absolute atomic E-state index is 12.9. The van der Waals surface area contributed by atoms with Gasteiger partial charge in [0.05, 0.1) is 37.1 Å². The SMILES string of the molecule is CCO[C@]12CC[C@@H]3[C@](CC[C@@]4(NO)[C@@]3(C)CCC[C@@]4(C)C=O)(CC1C)[C@H]2CC1OC(CO)C(O)C(OC2OC(CO)C(O)C(O)C2O)C1OC1OC(CO)C(O)C(O)C1O. The van der Waals surface area contributed by atoms with Crippen molar-refractivity contribution in [3.05, 3.63) is 0 Å². The Balaban J connectivity index is 1.32. The average molecular weight is 864 g/mol. The Kier molecular flexibility index (Phi) is 13.6. The second kappa shape index (κ2) is 17.4. The summed E-state index contributed by atoms with van der Waals surface area (Å²) in [5.74, 6) is -0.291. The lowest BCUT2D eigenvalue weighted by molar-refractivity contribution is -0.373. The van der Waals surface area contributed by atoms with E-state index in [-0.39, 0.29) is 24.2 Å². The topological polar surface area (TPSA) is 307 Å². The molecule has 60 heavy (non-hydrogen) atoms. The van der Waals surface area contributed by atoms with Gasteiger partial charge in [0, 0.05) is 12.0 Å². The van der Waals surface area contributed by atoms with Gasteiger partial charge in [0.25, 0.3) is 0 Å². The Hall–Kier alpha value is -1.05. The van der Waals surface area contributed by atoms with Gasteiger partial charge < -0.3 is 89.5 Å². The number of carbonyl (C=O) groups is 1. The molecular weight excluding hydrogens is 794 g/mol. The van der Waals surface area contributed by atoms with Gasteiger partial charge in [0.2, 0.25) is 0 Å². The van der Waals surface area contributed by atoms with Crippen LogP contribution in [0.2, 0.25) is 0 Å². The third kappa shape index (κ3) is 6.88. The second-order valence-corrected chi connectivity index (χ2v) is 19.4. The quantitative estimate of drug-likeness (QED) is 0.0679. The molecule has 19 heteroatoms. The fourth-order valence-corrected chi connectivity index (χ4v) is 14.0. The van der Waals surface area contributed by atoms with Crippen LogP contribution in [0.15, 0.2) is 0 Å². The number of fused-ring (bicyclic) bond motifs is 3. The van der Waals surface area contributed by atoms with Crippen molar-refractivity contribution in [2.45, 2.75) is 189 Å². The molecule has 23 atom stereocenters. The molecule has 4 aliphatic carbocycles. The number of nitrogens with one attached hydrogen (secondary N) is 1. The molecule has 12 N–H and O–H groups in total. The summed E-state index contributed by atoms with van der Waals surface area (Å²) < 4.78 is 37.6.